The summed E-state index contributed by atoms with van der Waals surface area (Å²) in [5.41, 5.74) is 4.22. The molecule has 0 bridgehead atoms. The molecular weight excluding hydrogens is 312 g/mol. The first kappa shape index (κ1) is 15.1. The molecule has 0 fully saturated rings. The van der Waals surface area contributed by atoms with Gasteiger partial charge in [-0.05, 0) is 48.0 Å². The van der Waals surface area contributed by atoms with E-state index in [4.69, 9.17) is 4.74 Å². The van der Waals surface area contributed by atoms with Crippen LogP contribution in [0.1, 0.15) is 21.5 Å². The quantitative estimate of drug-likeness (QED) is 0.722. The largest absolute Gasteiger partial charge is 0.497 e. The topological polar surface area (TPSA) is 42.4 Å². The Bertz CT molecular complexity index is 947. The van der Waals surface area contributed by atoms with Crippen LogP contribution < -0.4 is 9.64 Å². The minimum Gasteiger partial charge on any atom is -0.497 e. The fraction of sp³-hybridized carbons (Fsp3) is 0.0476. The Morgan fingerprint density at radius 1 is 0.960 bits per heavy atom. The normalized spacial score (nSPS) is 14.7. The minimum atomic E-state index is -0.0316. The number of aromatic nitrogens is 1. The molecule has 0 saturated heterocycles. The van der Waals surface area contributed by atoms with Crippen LogP contribution in [-0.2, 0) is 0 Å². The number of amides is 1. The van der Waals surface area contributed by atoms with E-state index in [2.05, 4.69) is 4.98 Å². The van der Waals surface area contributed by atoms with E-state index in [9.17, 15) is 4.79 Å². The Labute approximate surface area is 146 Å². The van der Waals surface area contributed by atoms with E-state index in [0.717, 1.165) is 28.3 Å². The third kappa shape index (κ3) is 2.68. The molecule has 4 heteroatoms. The molecule has 0 N–H and O–H groups in total. The lowest BCUT2D eigenvalue weighted by Gasteiger charge is -2.19. The number of nitrogens with zero attached hydrogens (tertiary/aromatic N) is 2. The molecule has 0 unspecified atom stereocenters. The van der Waals surface area contributed by atoms with Crippen molar-refractivity contribution in [2.24, 2.45) is 0 Å². The van der Waals surface area contributed by atoms with Crippen molar-refractivity contribution in [2.75, 3.05) is 12.0 Å². The number of carbonyl (C=O) groups excluding carboxylic acids is 1. The maximum absolute atomic E-state index is 13.0. The Morgan fingerprint density at radius 3 is 2.40 bits per heavy atom. The first-order valence-corrected chi connectivity index (χ1v) is 7.97. The molecule has 1 aliphatic heterocycles. The van der Waals surface area contributed by atoms with E-state index < -0.39 is 0 Å². The van der Waals surface area contributed by atoms with E-state index in [1.165, 1.54) is 0 Å². The zero-order valence-corrected chi connectivity index (χ0v) is 13.7. The molecule has 3 aromatic rings. The second kappa shape index (κ2) is 6.24. The molecule has 1 amide bonds. The number of methoxy groups -OCH3 is 1. The van der Waals surface area contributed by atoms with E-state index >= 15 is 0 Å². The first-order valence-electron chi connectivity index (χ1n) is 7.97. The molecule has 1 aliphatic rings. The molecule has 0 aliphatic carbocycles. The molecule has 0 atom stereocenters. The van der Waals surface area contributed by atoms with Crippen LogP contribution in [0.25, 0.3) is 11.8 Å². The highest BCUT2D eigenvalue weighted by Gasteiger charge is 2.33. The number of rotatable bonds is 3. The number of carbonyl (C=O) groups is 1. The van der Waals surface area contributed by atoms with Crippen molar-refractivity contribution in [3.63, 3.8) is 0 Å². The lowest BCUT2D eigenvalue weighted by atomic mass is 10.1. The van der Waals surface area contributed by atoms with Gasteiger partial charge in [-0.2, -0.15) is 0 Å². The van der Waals surface area contributed by atoms with Crippen molar-refractivity contribution < 1.29 is 9.53 Å². The van der Waals surface area contributed by atoms with Gasteiger partial charge in [0, 0.05) is 29.2 Å². The second-order valence-corrected chi connectivity index (χ2v) is 5.70. The average molecular weight is 328 g/mol. The Hall–Kier alpha value is -3.40. The highest BCUT2D eigenvalue weighted by Crippen LogP contribution is 2.38. The summed E-state index contributed by atoms with van der Waals surface area (Å²) in [6, 6.07) is 19.0. The zero-order chi connectivity index (χ0) is 17.2. The predicted molar refractivity (Wildman–Crippen MR) is 98.4 cm³/mol. The number of benzene rings is 2. The van der Waals surface area contributed by atoms with Crippen LogP contribution in [0.4, 0.5) is 5.69 Å². The van der Waals surface area contributed by atoms with Gasteiger partial charge in [-0.25, -0.2) is 0 Å². The van der Waals surface area contributed by atoms with Gasteiger partial charge in [-0.15, -0.1) is 0 Å². The number of hydrogen-bond acceptors (Lipinski definition) is 3. The summed E-state index contributed by atoms with van der Waals surface area (Å²) in [6.45, 7) is 0. The zero-order valence-electron chi connectivity index (χ0n) is 13.7. The predicted octanol–water partition coefficient (Wildman–Crippen LogP) is 4.25. The van der Waals surface area contributed by atoms with Crippen molar-refractivity contribution in [3.05, 3.63) is 89.7 Å². The van der Waals surface area contributed by atoms with Crippen molar-refractivity contribution in [1.82, 2.24) is 4.98 Å². The molecule has 25 heavy (non-hydrogen) atoms. The maximum atomic E-state index is 13.0. The van der Waals surface area contributed by atoms with Gasteiger partial charge >= 0.3 is 0 Å². The molecule has 0 radical (unpaired) electrons. The highest BCUT2D eigenvalue weighted by molar-refractivity contribution is 6.24. The van der Waals surface area contributed by atoms with Crippen LogP contribution in [0.2, 0.25) is 0 Å². The number of fused-ring (bicyclic) bond motifs is 1. The first-order chi connectivity index (χ1) is 12.3. The molecule has 0 saturated carbocycles. The Morgan fingerprint density at radius 2 is 1.72 bits per heavy atom. The monoisotopic (exact) mass is 328 g/mol. The van der Waals surface area contributed by atoms with Crippen LogP contribution in [0.15, 0.2) is 73.1 Å². The van der Waals surface area contributed by atoms with Crippen LogP contribution in [0, 0.1) is 0 Å². The van der Waals surface area contributed by atoms with Gasteiger partial charge in [0.2, 0.25) is 0 Å². The van der Waals surface area contributed by atoms with Gasteiger partial charge in [-0.3, -0.25) is 14.7 Å². The van der Waals surface area contributed by atoms with Crippen LogP contribution in [0.3, 0.4) is 0 Å². The number of anilines is 1. The highest BCUT2D eigenvalue weighted by atomic mass is 16.5. The van der Waals surface area contributed by atoms with Gasteiger partial charge in [0.1, 0.15) is 5.75 Å². The Kier molecular flexibility index (Phi) is 3.78. The molecule has 2 heterocycles. The molecule has 122 valence electrons. The molecule has 4 rings (SSSR count). The van der Waals surface area contributed by atoms with Crippen molar-refractivity contribution in [2.45, 2.75) is 0 Å². The molecule has 2 aromatic carbocycles. The number of ether oxygens (including phenoxy) is 1. The third-order valence-electron chi connectivity index (χ3n) is 4.20. The van der Waals surface area contributed by atoms with Crippen molar-refractivity contribution in [1.29, 1.82) is 0 Å². The van der Waals surface area contributed by atoms with E-state index in [1.54, 1.807) is 24.4 Å². The summed E-state index contributed by atoms with van der Waals surface area (Å²) < 4.78 is 5.22. The maximum Gasteiger partial charge on any atom is 0.263 e. The van der Waals surface area contributed by atoms with E-state index in [0.29, 0.717) is 5.56 Å². The van der Waals surface area contributed by atoms with Crippen LogP contribution in [0.5, 0.6) is 5.75 Å². The fourth-order valence-electron chi connectivity index (χ4n) is 2.99. The van der Waals surface area contributed by atoms with Gasteiger partial charge in [0.05, 0.1) is 12.8 Å². The molecule has 0 spiro atoms. The fourth-order valence-corrected chi connectivity index (χ4v) is 2.99. The summed E-state index contributed by atoms with van der Waals surface area (Å²) in [4.78, 5) is 18.9. The van der Waals surface area contributed by atoms with Crippen molar-refractivity contribution in [3.8, 4) is 5.75 Å². The SMILES string of the molecule is COc1ccc(N2C(=O)c3ccccc3/C2=C/c2cccnc2)cc1. The van der Waals surface area contributed by atoms with E-state index in [1.807, 2.05) is 66.7 Å². The standard InChI is InChI=1S/C21H16N2O2/c1-25-17-10-8-16(9-11-17)23-20(13-15-5-4-12-22-14-15)18-6-2-3-7-19(18)21(23)24/h2-14H,1H3/b20-13-. The number of pyridine rings is 1. The molecule has 4 nitrogen and oxygen atoms in total. The summed E-state index contributed by atoms with van der Waals surface area (Å²) in [5.74, 6) is 0.724. The van der Waals surface area contributed by atoms with Gasteiger partial charge in [0.15, 0.2) is 0 Å². The minimum absolute atomic E-state index is 0.0316. The molecule has 1 aromatic heterocycles. The van der Waals surface area contributed by atoms with Gasteiger partial charge < -0.3 is 4.74 Å². The van der Waals surface area contributed by atoms with E-state index in [-0.39, 0.29) is 5.91 Å². The summed E-state index contributed by atoms with van der Waals surface area (Å²) in [6.07, 6.45) is 5.50. The smallest absolute Gasteiger partial charge is 0.263 e. The van der Waals surface area contributed by atoms with Crippen LogP contribution in [-0.4, -0.2) is 18.0 Å². The number of hydrogen-bond donors (Lipinski definition) is 0. The van der Waals surface area contributed by atoms with Crippen LogP contribution >= 0.6 is 0 Å². The summed E-state index contributed by atoms with van der Waals surface area (Å²) >= 11 is 0. The van der Waals surface area contributed by atoms with Gasteiger partial charge in [-0.1, -0.05) is 24.3 Å². The second-order valence-electron chi connectivity index (χ2n) is 5.70. The summed E-state index contributed by atoms with van der Waals surface area (Å²) in [5, 5.41) is 0. The Balaban J connectivity index is 1.86. The average Bonchev–Trinajstić information content (AvgIpc) is 2.95. The van der Waals surface area contributed by atoms with Gasteiger partial charge in [0.25, 0.3) is 5.91 Å². The summed E-state index contributed by atoms with van der Waals surface area (Å²) in [7, 11) is 1.62. The molecular formula is C21H16N2O2. The third-order valence-corrected chi connectivity index (χ3v) is 4.20. The lowest BCUT2D eigenvalue weighted by molar-refractivity contribution is 0.101. The lowest BCUT2D eigenvalue weighted by Crippen LogP contribution is -2.22. The van der Waals surface area contributed by atoms with Crippen molar-refractivity contribution >= 4 is 23.4 Å².